The topological polar surface area (TPSA) is 36.4 Å². The van der Waals surface area contributed by atoms with E-state index in [1.807, 2.05) is 12.1 Å². The van der Waals surface area contributed by atoms with Crippen LogP contribution in [0.25, 0.3) is 0 Å². The molecule has 2 N–H and O–H groups in total. The number of halogens is 4. The van der Waals surface area contributed by atoms with Gasteiger partial charge in [-0.1, -0.05) is 36.4 Å². The van der Waals surface area contributed by atoms with Gasteiger partial charge in [-0.2, -0.15) is 13.2 Å². The van der Waals surface area contributed by atoms with Crippen LogP contribution in [0.3, 0.4) is 0 Å². The molecule has 0 bridgehead atoms. The molecule has 0 heterocycles. The SMILES string of the molecule is CN=C(NCc1ccc(C(F)(F)F)cc1)NCC1Cc2ccccc21.I. The van der Waals surface area contributed by atoms with Crippen molar-refractivity contribution in [3.63, 3.8) is 0 Å². The average Bonchev–Trinajstić information content (AvgIpc) is 2.58. The van der Waals surface area contributed by atoms with Gasteiger partial charge >= 0.3 is 6.18 Å². The molecule has 1 aliphatic carbocycles. The van der Waals surface area contributed by atoms with Gasteiger partial charge in [-0.3, -0.25) is 4.99 Å². The number of hydrogen-bond acceptors (Lipinski definition) is 1. The van der Waals surface area contributed by atoms with Gasteiger partial charge in [0.15, 0.2) is 5.96 Å². The van der Waals surface area contributed by atoms with Crippen LogP contribution in [0, 0.1) is 0 Å². The Kier molecular flexibility index (Phi) is 6.91. The van der Waals surface area contributed by atoms with Crippen LogP contribution in [-0.2, 0) is 19.1 Å². The highest BCUT2D eigenvalue weighted by molar-refractivity contribution is 14.0. The zero-order valence-electron chi connectivity index (χ0n) is 14.3. The summed E-state index contributed by atoms with van der Waals surface area (Å²) in [5, 5.41) is 6.41. The van der Waals surface area contributed by atoms with Crippen LogP contribution in [0.5, 0.6) is 0 Å². The molecule has 7 heteroatoms. The summed E-state index contributed by atoms with van der Waals surface area (Å²) in [5.41, 5.74) is 2.89. The minimum absolute atomic E-state index is 0. The van der Waals surface area contributed by atoms with Gasteiger partial charge in [-0.05, 0) is 35.2 Å². The number of alkyl halides is 3. The maximum absolute atomic E-state index is 12.6. The second-order valence-electron chi connectivity index (χ2n) is 6.10. The lowest BCUT2D eigenvalue weighted by atomic mass is 9.78. The predicted octanol–water partition coefficient (Wildman–Crippen LogP) is 4.33. The fourth-order valence-electron chi connectivity index (χ4n) is 2.98. The van der Waals surface area contributed by atoms with Crippen molar-refractivity contribution in [2.75, 3.05) is 13.6 Å². The number of nitrogens with zero attached hydrogens (tertiary/aromatic N) is 1. The summed E-state index contributed by atoms with van der Waals surface area (Å²) in [6, 6.07) is 13.5. The van der Waals surface area contributed by atoms with E-state index in [0.717, 1.165) is 30.7 Å². The van der Waals surface area contributed by atoms with Gasteiger partial charge < -0.3 is 10.6 Å². The maximum atomic E-state index is 12.6. The molecule has 1 atom stereocenters. The Morgan fingerprint density at radius 3 is 2.38 bits per heavy atom. The van der Waals surface area contributed by atoms with Crippen LogP contribution in [0.1, 0.15) is 28.2 Å². The average molecular weight is 475 g/mol. The van der Waals surface area contributed by atoms with Crippen molar-refractivity contribution >= 4 is 29.9 Å². The normalized spacial score (nSPS) is 16.2. The quantitative estimate of drug-likeness (QED) is 0.393. The third-order valence-electron chi connectivity index (χ3n) is 4.44. The molecule has 0 aromatic heterocycles. The van der Waals surface area contributed by atoms with Crippen LogP contribution in [0.4, 0.5) is 13.2 Å². The van der Waals surface area contributed by atoms with Gasteiger partial charge in [-0.15, -0.1) is 24.0 Å². The van der Waals surface area contributed by atoms with E-state index in [-0.39, 0.29) is 24.0 Å². The van der Waals surface area contributed by atoms with Crippen LogP contribution >= 0.6 is 24.0 Å². The number of guanidine groups is 1. The lowest BCUT2D eigenvalue weighted by Crippen LogP contribution is -2.40. The molecule has 0 fully saturated rings. The summed E-state index contributed by atoms with van der Waals surface area (Å²) >= 11 is 0. The highest BCUT2D eigenvalue weighted by Crippen LogP contribution is 2.34. The van der Waals surface area contributed by atoms with Crippen molar-refractivity contribution in [2.24, 2.45) is 4.99 Å². The molecule has 1 aliphatic rings. The summed E-state index contributed by atoms with van der Waals surface area (Å²) in [6.07, 6.45) is -3.25. The van der Waals surface area contributed by atoms with E-state index in [2.05, 4.69) is 27.8 Å². The molecule has 0 saturated heterocycles. The lowest BCUT2D eigenvalue weighted by molar-refractivity contribution is -0.137. The Morgan fingerprint density at radius 1 is 1.08 bits per heavy atom. The molecule has 0 aliphatic heterocycles. The second kappa shape index (κ2) is 8.75. The number of benzene rings is 2. The minimum atomic E-state index is -4.30. The first-order valence-electron chi connectivity index (χ1n) is 8.16. The van der Waals surface area contributed by atoms with E-state index in [1.54, 1.807) is 7.05 Å². The summed E-state index contributed by atoms with van der Waals surface area (Å²) in [6.45, 7) is 1.20. The number of fused-ring (bicyclic) bond motifs is 1. The fraction of sp³-hybridized carbons (Fsp3) is 0.316. The Bertz CT molecular complexity index is 757. The lowest BCUT2D eigenvalue weighted by Gasteiger charge is -2.30. The van der Waals surface area contributed by atoms with Crippen LogP contribution in [0.15, 0.2) is 53.5 Å². The zero-order chi connectivity index (χ0) is 17.9. The standard InChI is InChI=1S/C19H20F3N3.HI/c1-23-18(25-12-15-10-14-4-2-3-5-17(14)15)24-11-13-6-8-16(9-7-13)19(20,21)22;/h2-9,15H,10-12H2,1H3,(H2,23,24,25);1H. The first-order chi connectivity index (χ1) is 12.0. The van der Waals surface area contributed by atoms with Crippen molar-refractivity contribution in [2.45, 2.75) is 25.1 Å². The summed E-state index contributed by atoms with van der Waals surface area (Å²) in [7, 11) is 1.68. The number of rotatable bonds is 4. The van der Waals surface area contributed by atoms with E-state index in [4.69, 9.17) is 0 Å². The first kappa shape index (κ1) is 20.5. The van der Waals surface area contributed by atoms with Gasteiger partial charge in [0.25, 0.3) is 0 Å². The Morgan fingerprint density at radius 2 is 1.77 bits per heavy atom. The minimum Gasteiger partial charge on any atom is -0.356 e. The zero-order valence-corrected chi connectivity index (χ0v) is 16.6. The molecular weight excluding hydrogens is 454 g/mol. The Hall–Kier alpha value is -1.77. The number of nitrogens with one attached hydrogen (secondary N) is 2. The number of aliphatic imine (C=N–C) groups is 1. The van der Waals surface area contributed by atoms with Gasteiger partial charge in [0.1, 0.15) is 0 Å². The van der Waals surface area contributed by atoms with Crippen molar-refractivity contribution in [1.29, 1.82) is 0 Å². The van der Waals surface area contributed by atoms with E-state index < -0.39 is 11.7 Å². The van der Waals surface area contributed by atoms with E-state index in [1.165, 1.54) is 23.3 Å². The van der Waals surface area contributed by atoms with Crippen molar-refractivity contribution in [1.82, 2.24) is 10.6 Å². The molecule has 1 unspecified atom stereocenters. The van der Waals surface area contributed by atoms with Crippen LogP contribution < -0.4 is 10.6 Å². The smallest absolute Gasteiger partial charge is 0.356 e. The van der Waals surface area contributed by atoms with Gasteiger partial charge in [0, 0.05) is 26.1 Å². The monoisotopic (exact) mass is 475 g/mol. The summed E-state index contributed by atoms with van der Waals surface area (Å²) in [4.78, 5) is 4.16. The van der Waals surface area contributed by atoms with E-state index >= 15 is 0 Å². The largest absolute Gasteiger partial charge is 0.416 e. The molecule has 0 spiro atoms. The van der Waals surface area contributed by atoms with Gasteiger partial charge in [0.2, 0.25) is 0 Å². The first-order valence-corrected chi connectivity index (χ1v) is 8.16. The molecule has 0 saturated carbocycles. The Labute approximate surface area is 168 Å². The summed E-state index contributed by atoms with van der Waals surface area (Å²) in [5.74, 6) is 1.12. The van der Waals surface area contributed by atoms with Crippen molar-refractivity contribution < 1.29 is 13.2 Å². The van der Waals surface area contributed by atoms with E-state index in [0.29, 0.717) is 18.4 Å². The molecule has 3 nitrogen and oxygen atoms in total. The van der Waals surface area contributed by atoms with Gasteiger partial charge in [0.05, 0.1) is 5.56 Å². The maximum Gasteiger partial charge on any atom is 0.416 e. The van der Waals surface area contributed by atoms with Crippen LogP contribution in [-0.4, -0.2) is 19.6 Å². The second-order valence-corrected chi connectivity index (χ2v) is 6.10. The third kappa shape index (κ3) is 4.90. The Balaban J connectivity index is 0.00000243. The molecule has 3 rings (SSSR count). The third-order valence-corrected chi connectivity index (χ3v) is 4.44. The molecule has 26 heavy (non-hydrogen) atoms. The van der Waals surface area contributed by atoms with Crippen molar-refractivity contribution in [3.05, 3.63) is 70.8 Å². The molecule has 2 aromatic carbocycles. The van der Waals surface area contributed by atoms with Crippen LogP contribution in [0.2, 0.25) is 0 Å². The molecular formula is C19H21F3IN3. The highest BCUT2D eigenvalue weighted by Gasteiger charge is 2.30. The number of hydrogen-bond donors (Lipinski definition) is 2. The molecule has 140 valence electrons. The van der Waals surface area contributed by atoms with Crippen molar-refractivity contribution in [3.8, 4) is 0 Å². The summed E-state index contributed by atoms with van der Waals surface area (Å²) < 4.78 is 37.7. The molecule has 0 amide bonds. The van der Waals surface area contributed by atoms with Gasteiger partial charge in [-0.25, -0.2) is 0 Å². The predicted molar refractivity (Wildman–Crippen MR) is 108 cm³/mol. The highest BCUT2D eigenvalue weighted by atomic mass is 127. The molecule has 2 aromatic rings. The van der Waals surface area contributed by atoms with E-state index in [9.17, 15) is 13.2 Å². The fourth-order valence-corrected chi connectivity index (χ4v) is 2.98. The molecule has 0 radical (unpaired) electrons.